The number of hydrogen-bond acceptors (Lipinski definition) is 5. The van der Waals surface area contributed by atoms with Crippen LogP contribution >= 0.6 is 11.6 Å². The van der Waals surface area contributed by atoms with Gasteiger partial charge in [-0.15, -0.1) is 0 Å². The van der Waals surface area contributed by atoms with E-state index in [2.05, 4.69) is 0 Å². The van der Waals surface area contributed by atoms with E-state index < -0.39 is 29.6 Å². The summed E-state index contributed by atoms with van der Waals surface area (Å²) in [5, 5.41) is 11.1. The van der Waals surface area contributed by atoms with E-state index in [0.29, 0.717) is 33.7 Å². The van der Waals surface area contributed by atoms with E-state index in [1.807, 2.05) is 0 Å². The van der Waals surface area contributed by atoms with Gasteiger partial charge in [-0.05, 0) is 57.0 Å². The van der Waals surface area contributed by atoms with Crippen molar-refractivity contribution in [3.05, 3.63) is 63.7 Å². The molecule has 0 saturated carbocycles. The van der Waals surface area contributed by atoms with Gasteiger partial charge in [0.1, 0.15) is 11.4 Å². The van der Waals surface area contributed by atoms with Gasteiger partial charge in [-0.25, -0.2) is 4.79 Å². The molecule has 0 spiro atoms. The van der Waals surface area contributed by atoms with Gasteiger partial charge in [0.2, 0.25) is 0 Å². The van der Waals surface area contributed by atoms with Crippen LogP contribution in [0.15, 0.2) is 36.4 Å². The molecule has 0 bridgehead atoms. The molecule has 2 aromatic rings. The van der Waals surface area contributed by atoms with Crippen molar-refractivity contribution in [1.82, 2.24) is 9.80 Å². The molecule has 8 heteroatoms. The van der Waals surface area contributed by atoms with Crippen LogP contribution < -0.4 is 0 Å². The number of rotatable bonds is 2. The van der Waals surface area contributed by atoms with Gasteiger partial charge >= 0.3 is 6.09 Å². The van der Waals surface area contributed by atoms with E-state index in [9.17, 15) is 19.5 Å². The molecule has 162 valence electrons. The average Bonchev–Trinajstić information content (AvgIpc) is 2.94. The summed E-state index contributed by atoms with van der Waals surface area (Å²) in [6.45, 7) is 5.44. The standard InChI is InChI=1S/C23H23ClN2O5/c1-23(2,3)31-22(30)25-11-10-15-16(24)8-9-18(27)19(15)17(25)12-26-20(28)13-6-4-5-7-14(13)21(26)29/h4-9,17,27H,10-12H2,1-3H3/t17-/m1/s1. The second kappa shape index (κ2) is 7.57. The summed E-state index contributed by atoms with van der Waals surface area (Å²) in [5.74, 6) is -0.911. The van der Waals surface area contributed by atoms with Crippen LogP contribution in [0, 0.1) is 0 Å². The number of fused-ring (bicyclic) bond motifs is 2. The summed E-state index contributed by atoms with van der Waals surface area (Å²) in [5.41, 5.74) is 1.04. The maximum absolute atomic E-state index is 13.0. The van der Waals surface area contributed by atoms with E-state index in [1.54, 1.807) is 51.1 Å². The zero-order valence-electron chi connectivity index (χ0n) is 17.5. The highest BCUT2D eigenvalue weighted by Gasteiger charge is 2.42. The predicted molar refractivity (Wildman–Crippen MR) is 114 cm³/mol. The van der Waals surface area contributed by atoms with E-state index in [1.165, 1.54) is 11.0 Å². The fourth-order valence-electron chi connectivity index (χ4n) is 4.10. The lowest BCUT2D eigenvalue weighted by Gasteiger charge is -2.39. The molecule has 4 rings (SSSR count). The number of ether oxygens (including phenoxy) is 1. The van der Waals surface area contributed by atoms with Gasteiger partial charge in [0, 0.05) is 17.1 Å². The molecule has 3 amide bonds. The Morgan fingerprint density at radius 3 is 2.32 bits per heavy atom. The average molecular weight is 443 g/mol. The summed E-state index contributed by atoms with van der Waals surface area (Å²) >= 11 is 6.37. The molecule has 1 atom stereocenters. The zero-order valence-corrected chi connectivity index (χ0v) is 18.3. The Balaban J connectivity index is 1.75. The van der Waals surface area contributed by atoms with Crippen molar-refractivity contribution in [3.63, 3.8) is 0 Å². The van der Waals surface area contributed by atoms with E-state index in [0.717, 1.165) is 4.90 Å². The van der Waals surface area contributed by atoms with E-state index in [-0.39, 0.29) is 18.8 Å². The summed E-state index contributed by atoms with van der Waals surface area (Å²) in [7, 11) is 0. The largest absolute Gasteiger partial charge is 0.508 e. The number of carbonyl (C=O) groups excluding carboxylic acids is 3. The van der Waals surface area contributed by atoms with Crippen LogP contribution in [0.4, 0.5) is 4.79 Å². The first-order valence-corrected chi connectivity index (χ1v) is 10.4. The molecule has 0 fully saturated rings. The van der Waals surface area contributed by atoms with Crippen molar-refractivity contribution in [1.29, 1.82) is 0 Å². The van der Waals surface area contributed by atoms with Gasteiger partial charge in [0.25, 0.3) is 11.8 Å². The quantitative estimate of drug-likeness (QED) is 0.705. The predicted octanol–water partition coefficient (Wildman–Crippen LogP) is 4.18. The van der Waals surface area contributed by atoms with Crippen LogP contribution in [0.3, 0.4) is 0 Å². The van der Waals surface area contributed by atoms with E-state index in [4.69, 9.17) is 16.3 Å². The lowest BCUT2D eigenvalue weighted by atomic mass is 9.91. The lowest BCUT2D eigenvalue weighted by molar-refractivity contribution is 0.00962. The summed E-state index contributed by atoms with van der Waals surface area (Å²) < 4.78 is 5.56. The Hall–Kier alpha value is -3.06. The molecule has 1 N–H and O–H groups in total. The number of aromatic hydroxyl groups is 1. The smallest absolute Gasteiger partial charge is 0.410 e. The first-order chi connectivity index (χ1) is 14.6. The monoisotopic (exact) mass is 442 g/mol. The molecule has 0 unspecified atom stereocenters. The van der Waals surface area contributed by atoms with Gasteiger partial charge < -0.3 is 9.84 Å². The number of halogens is 1. The molecule has 0 aromatic heterocycles. The Labute approximate surface area is 185 Å². The summed E-state index contributed by atoms with van der Waals surface area (Å²) in [6.07, 6.45) is -0.167. The Morgan fingerprint density at radius 2 is 1.74 bits per heavy atom. The van der Waals surface area contributed by atoms with Crippen LogP contribution in [-0.4, -0.2) is 51.5 Å². The molecule has 7 nitrogen and oxygen atoms in total. The van der Waals surface area contributed by atoms with Gasteiger partial charge in [0.05, 0.1) is 23.7 Å². The molecular weight excluding hydrogens is 420 g/mol. The topological polar surface area (TPSA) is 87.2 Å². The van der Waals surface area contributed by atoms with Crippen molar-refractivity contribution in [2.75, 3.05) is 13.1 Å². The van der Waals surface area contributed by atoms with Crippen molar-refractivity contribution >= 4 is 29.5 Å². The highest BCUT2D eigenvalue weighted by molar-refractivity contribution is 6.31. The van der Waals surface area contributed by atoms with E-state index >= 15 is 0 Å². The molecule has 2 aliphatic heterocycles. The van der Waals surface area contributed by atoms with Crippen LogP contribution in [0.25, 0.3) is 0 Å². The Bertz CT molecular complexity index is 1060. The molecule has 0 radical (unpaired) electrons. The molecule has 2 heterocycles. The minimum atomic E-state index is -0.792. The molecule has 31 heavy (non-hydrogen) atoms. The molecular formula is C23H23ClN2O5. The third-order valence-electron chi connectivity index (χ3n) is 5.45. The van der Waals surface area contributed by atoms with Crippen LogP contribution in [-0.2, 0) is 11.2 Å². The fourth-order valence-corrected chi connectivity index (χ4v) is 4.36. The van der Waals surface area contributed by atoms with Crippen molar-refractivity contribution in [2.24, 2.45) is 0 Å². The van der Waals surface area contributed by atoms with Gasteiger partial charge in [-0.2, -0.15) is 0 Å². The maximum atomic E-state index is 13.0. The van der Waals surface area contributed by atoms with Gasteiger partial charge in [0.15, 0.2) is 0 Å². The van der Waals surface area contributed by atoms with Crippen LogP contribution in [0.2, 0.25) is 5.02 Å². The number of phenolic OH excluding ortho intramolecular Hbond substituents is 1. The zero-order chi connectivity index (χ0) is 22.5. The lowest BCUT2D eigenvalue weighted by Crippen LogP contribution is -2.48. The SMILES string of the molecule is CC(C)(C)OC(=O)N1CCc2c(Cl)ccc(O)c2[C@H]1CN1C(=O)c2ccccc2C1=O. The maximum Gasteiger partial charge on any atom is 0.410 e. The van der Waals surface area contributed by atoms with Crippen molar-refractivity contribution in [3.8, 4) is 5.75 Å². The normalized spacial score (nSPS) is 18.1. The Morgan fingerprint density at radius 1 is 1.13 bits per heavy atom. The first-order valence-electron chi connectivity index (χ1n) is 10.0. The van der Waals surface area contributed by atoms with Gasteiger partial charge in [-0.1, -0.05) is 23.7 Å². The Kier molecular flexibility index (Phi) is 5.17. The third kappa shape index (κ3) is 3.74. The number of hydrogen-bond donors (Lipinski definition) is 1. The second-order valence-corrected chi connectivity index (χ2v) is 9.07. The van der Waals surface area contributed by atoms with Crippen molar-refractivity contribution in [2.45, 2.75) is 38.8 Å². The number of phenols is 1. The molecule has 0 aliphatic carbocycles. The first kappa shape index (κ1) is 21.2. The summed E-state index contributed by atoms with van der Waals surface area (Å²) in [4.78, 5) is 41.4. The molecule has 2 aliphatic rings. The number of imide groups is 1. The second-order valence-electron chi connectivity index (χ2n) is 8.66. The van der Waals surface area contributed by atoms with Crippen molar-refractivity contribution < 1.29 is 24.2 Å². The number of benzene rings is 2. The highest BCUT2D eigenvalue weighted by Crippen LogP contribution is 2.41. The fraction of sp³-hybridized carbons (Fsp3) is 0.348. The third-order valence-corrected chi connectivity index (χ3v) is 5.80. The molecule has 2 aromatic carbocycles. The minimum absolute atomic E-state index is 0.0470. The van der Waals surface area contributed by atoms with Crippen LogP contribution in [0.1, 0.15) is 58.7 Å². The number of amides is 3. The minimum Gasteiger partial charge on any atom is -0.508 e. The highest BCUT2D eigenvalue weighted by atomic mass is 35.5. The molecule has 0 saturated heterocycles. The summed E-state index contributed by atoms with van der Waals surface area (Å²) in [6, 6.07) is 8.85. The van der Waals surface area contributed by atoms with Crippen LogP contribution in [0.5, 0.6) is 5.75 Å². The van der Waals surface area contributed by atoms with Gasteiger partial charge in [-0.3, -0.25) is 19.4 Å². The number of carbonyl (C=O) groups is 3. The number of nitrogens with zero attached hydrogens (tertiary/aromatic N) is 2.